The molecule has 1 aliphatic rings. The van der Waals surface area contributed by atoms with Crippen LogP contribution in [0.25, 0.3) is 11.0 Å². The minimum absolute atomic E-state index is 0.0850. The van der Waals surface area contributed by atoms with Crippen molar-refractivity contribution >= 4 is 40.0 Å². The maximum Gasteiger partial charge on any atom is 0.296 e. The van der Waals surface area contributed by atoms with Crippen LogP contribution in [0.4, 0.5) is 11.5 Å². The van der Waals surface area contributed by atoms with Gasteiger partial charge >= 0.3 is 0 Å². The molecule has 1 amide bonds. The molecule has 1 atom stereocenters. The Balaban J connectivity index is 1.80. The van der Waals surface area contributed by atoms with Crippen molar-refractivity contribution in [3.8, 4) is 0 Å². The van der Waals surface area contributed by atoms with E-state index in [1.54, 1.807) is 31.2 Å². The lowest BCUT2D eigenvalue weighted by Crippen LogP contribution is -2.30. The number of amides is 1. The number of nitrogens with zero attached hydrogens (tertiary/aromatic N) is 3. The zero-order valence-corrected chi connectivity index (χ0v) is 17.4. The van der Waals surface area contributed by atoms with Crippen LogP contribution in [0.2, 0.25) is 5.02 Å². The lowest BCUT2D eigenvalue weighted by Gasteiger charge is -2.24. The van der Waals surface area contributed by atoms with Gasteiger partial charge in [-0.2, -0.15) is 0 Å². The van der Waals surface area contributed by atoms with Gasteiger partial charge in [0, 0.05) is 23.4 Å². The number of pyridine rings is 1. The molecular weight excluding hydrogens is 434 g/mol. The summed E-state index contributed by atoms with van der Waals surface area (Å²) in [5.41, 5.74) is 1.13. The SMILES string of the molecule is Cc1cc2oc3c(c(=O)c2cc1Cl)[C@H](c1ccc([N+](=O)[O-])cc1)N(c1ccccn1)C3=O. The first-order chi connectivity index (χ1) is 15.4. The molecule has 0 unspecified atom stereocenters. The summed E-state index contributed by atoms with van der Waals surface area (Å²) < 4.78 is 5.91. The lowest BCUT2D eigenvalue weighted by molar-refractivity contribution is -0.384. The second-order valence-electron chi connectivity index (χ2n) is 7.39. The van der Waals surface area contributed by atoms with Gasteiger partial charge in [0.1, 0.15) is 11.4 Å². The fraction of sp³-hybridized carbons (Fsp3) is 0.0870. The molecule has 1 aliphatic heterocycles. The van der Waals surface area contributed by atoms with Crippen molar-refractivity contribution in [2.24, 2.45) is 0 Å². The molecule has 32 heavy (non-hydrogen) atoms. The number of aromatic nitrogens is 1. The highest BCUT2D eigenvalue weighted by Crippen LogP contribution is 2.41. The molecule has 0 bridgehead atoms. The van der Waals surface area contributed by atoms with E-state index >= 15 is 0 Å². The van der Waals surface area contributed by atoms with E-state index in [1.807, 2.05) is 0 Å². The van der Waals surface area contributed by atoms with Crippen LogP contribution < -0.4 is 10.3 Å². The molecule has 0 saturated carbocycles. The molecule has 0 aliphatic carbocycles. The zero-order valence-electron chi connectivity index (χ0n) is 16.6. The number of carbonyl (C=O) groups is 1. The first-order valence-corrected chi connectivity index (χ1v) is 10.0. The minimum atomic E-state index is -0.867. The van der Waals surface area contributed by atoms with Crippen LogP contribution in [-0.2, 0) is 0 Å². The number of nitro groups is 1. The van der Waals surface area contributed by atoms with Crippen LogP contribution in [-0.4, -0.2) is 15.8 Å². The van der Waals surface area contributed by atoms with Crippen molar-refractivity contribution in [1.82, 2.24) is 4.98 Å². The summed E-state index contributed by atoms with van der Waals surface area (Å²) in [6, 6.07) is 13.1. The Bertz CT molecular complexity index is 1470. The Morgan fingerprint density at radius 3 is 2.53 bits per heavy atom. The van der Waals surface area contributed by atoms with Gasteiger partial charge in [0.15, 0.2) is 5.43 Å². The Morgan fingerprint density at radius 1 is 1.12 bits per heavy atom. The van der Waals surface area contributed by atoms with Crippen molar-refractivity contribution in [2.45, 2.75) is 13.0 Å². The van der Waals surface area contributed by atoms with Gasteiger partial charge in [-0.3, -0.25) is 24.6 Å². The number of benzene rings is 2. The van der Waals surface area contributed by atoms with Crippen LogP contribution in [0.5, 0.6) is 0 Å². The van der Waals surface area contributed by atoms with Gasteiger partial charge in [0.25, 0.3) is 11.6 Å². The molecule has 5 rings (SSSR count). The van der Waals surface area contributed by atoms with E-state index in [4.69, 9.17) is 16.0 Å². The Morgan fingerprint density at radius 2 is 1.88 bits per heavy atom. The van der Waals surface area contributed by atoms with Gasteiger partial charge in [0.05, 0.1) is 21.9 Å². The maximum atomic E-state index is 13.5. The van der Waals surface area contributed by atoms with Gasteiger partial charge in [-0.05, 0) is 54.4 Å². The van der Waals surface area contributed by atoms with Gasteiger partial charge in [-0.15, -0.1) is 0 Å². The average molecular weight is 448 g/mol. The number of hydrogen-bond acceptors (Lipinski definition) is 6. The van der Waals surface area contributed by atoms with E-state index in [2.05, 4.69) is 4.98 Å². The Labute approximate surface area is 185 Å². The molecule has 158 valence electrons. The van der Waals surface area contributed by atoms with Crippen molar-refractivity contribution in [3.05, 3.63) is 109 Å². The highest BCUT2D eigenvalue weighted by atomic mass is 35.5. The molecule has 9 heteroatoms. The monoisotopic (exact) mass is 447 g/mol. The predicted octanol–water partition coefficient (Wildman–Crippen LogP) is 4.81. The second kappa shape index (κ2) is 7.28. The molecule has 0 spiro atoms. The van der Waals surface area contributed by atoms with Crippen LogP contribution in [0.1, 0.15) is 33.3 Å². The molecular formula is C23H14ClN3O5. The number of rotatable bonds is 3. The first kappa shape index (κ1) is 19.9. The van der Waals surface area contributed by atoms with Gasteiger partial charge < -0.3 is 4.42 Å². The zero-order chi connectivity index (χ0) is 22.6. The summed E-state index contributed by atoms with van der Waals surface area (Å²) in [5.74, 6) is -0.281. The number of fused-ring (bicyclic) bond motifs is 2. The van der Waals surface area contributed by atoms with Crippen LogP contribution in [0, 0.1) is 17.0 Å². The molecule has 0 saturated heterocycles. The molecule has 4 aromatic rings. The summed E-state index contributed by atoms with van der Waals surface area (Å²) in [7, 11) is 0. The number of carbonyl (C=O) groups excluding carboxylic acids is 1. The third-order valence-electron chi connectivity index (χ3n) is 5.47. The fourth-order valence-electron chi connectivity index (χ4n) is 3.92. The number of anilines is 1. The van der Waals surface area contributed by atoms with Crippen LogP contribution >= 0.6 is 11.6 Å². The summed E-state index contributed by atoms with van der Waals surface area (Å²) in [4.78, 5) is 43.2. The number of aryl methyl sites for hydroxylation is 1. The Hall–Kier alpha value is -4.04. The van der Waals surface area contributed by atoms with Crippen molar-refractivity contribution < 1.29 is 14.1 Å². The predicted molar refractivity (Wildman–Crippen MR) is 118 cm³/mol. The van der Waals surface area contributed by atoms with Crippen molar-refractivity contribution in [2.75, 3.05) is 4.90 Å². The summed E-state index contributed by atoms with van der Waals surface area (Å²) in [5, 5.41) is 11.7. The van der Waals surface area contributed by atoms with Crippen LogP contribution in [0.15, 0.2) is 70.0 Å². The van der Waals surface area contributed by atoms with Crippen LogP contribution in [0.3, 0.4) is 0 Å². The third kappa shape index (κ3) is 2.96. The van der Waals surface area contributed by atoms with E-state index in [1.165, 1.54) is 41.4 Å². The summed E-state index contributed by atoms with van der Waals surface area (Å²) in [6.45, 7) is 1.77. The van der Waals surface area contributed by atoms with E-state index < -0.39 is 22.3 Å². The van der Waals surface area contributed by atoms with Gasteiger partial charge in [0.2, 0.25) is 5.76 Å². The fourth-order valence-corrected chi connectivity index (χ4v) is 4.08. The molecule has 0 radical (unpaired) electrons. The van der Waals surface area contributed by atoms with E-state index in [-0.39, 0.29) is 28.0 Å². The molecule has 2 aromatic heterocycles. The normalized spacial score (nSPS) is 15.2. The number of halogens is 1. The average Bonchev–Trinajstić information content (AvgIpc) is 3.08. The maximum absolute atomic E-state index is 13.5. The molecule has 3 heterocycles. The second-order valence-corrected chi connectivity index (χ2v) is 7.79. The summed E-state index contributed by atoms with van der Waals surface area (Å²) >= 11 is 6.23. The van der Waals surface area contributed by atoms with E-state index in [0.29, 0.717) is 22.0 Å². The quantitative estimate of drug-likeness (QED) is 0.329. The summed E-state index contributed by atoms with van der Waals surface area (Å²) in [6.07, 6.45) is 1.54. The largest absolute Gasteiger partial charge is 0.450 e. The van der Waals surface area contributed by atoms with E-state index in [0.717, 1.165) is 0 Å². The van der Waals surface area contributed by atoms with Gasteiger partial charge in [-0.25, -0.2) is 4.98 Å². The first-order valence-electron chi connectivity index (χ1n) is 9.62. The lowest BCUT2D eigenvalue weighted by atomic mass is 9.98. The highest BCUT2D eigenvalue weighted by molar-refractivity contribution is 6.32. The molecule has 0 fully saturated rings. The Kier molecular flexibility index (Phi) is 4.53. The van der Waals surface area contributed by atoms with Crippen molar-refractivity contribution in [1.29, 1.82) is 0 Å². The van der Waals surface area contributed by atoms with Gasteiger partial charge in [-0.1, -0.05) is 17.7 Å². The minimum Gasteiger partial charge on any atom is -0.450 e. The van der Waals surface area contributed by atoms with Crippen molar-refractivity contribution in [3.63, 3.8) is 0 Å². The standard InChI is InChI=1S/C23H14ClN3O5/c1-12-10-17-15(11-16(12)24)21(28)19-20(13-5-7-14(8-6-13)27(30)31)26(23(29)22(19)32-17)18-4-2-3-9-25-18/h2-11,20H,1H3/t20-/m0/s1. The molecule has 8 nitrogen and oxygen atoms in total. The topological polar surface area (TPSA) is 107 Å². The third-order valence-corrected chi connectivity index (χ3v) is 5.87. The smallest absolute Gasteiger partial charge is 0.296 e. The molecule has 2 aromatic carbocycles. The number of non-ortho nitro benzene ring substituents is 1. The highest BCUT2D eigenvalue weighted by Gasteiger charge is 2.44. The number of nitro benzene ring substituents is 1. The van der Waals surface area contributed by atoms with E-state index in [9.17, 15) is 19.7 Å². The number of hydrogen-bond donors (Lipinski definition) is 0. The molecule has 0 N–H and O–H groups in total.